The number of nitrogens with two attached hydrogens (primary N) is 1. The van der Waals surface area contributed by atoms with Crippen LogP contribution in [0.5, 0.6) is 0 Å². The van der Waals surface area contributed by atoms with Crippen molar-refractivity contribution >= 4 is 39.8 Å². The van der Waals surface area contributed by atoms with Crippen molar-refractivity contribution in [1.82, 2.24) is 25.2 Å². The minimum Gasteiger partial charge on any atom is -0.481 e. The van der Waals surface area contributed by atoms with Gasteiger partial charge in [0.1, 0.15) is 11.3 Å². The van der Waals surface area contributed by atoms with Crippen LogP contribution in [-0.4, -0.2) is 50.4 Å². The average Bonchev–Trinajstić information content (AvgIpc) is 3.05. The fourth-order valence-corrected chi connectivity index (χ4v) is 2.91. The maximum absolute atomic E-state index is 11.5. The molecule has 0 bridgehead atoms. The number of pyridine rings is 1. The van der Waals surface area contributed by atoms with Crippen molar-refractivity contribution in [2.45, 2.75) is 32.9 Å². The second kappa shape index (κ2) is 10.2. The Morgan fingerprint density at radius 3 is 2.55 bits per heavy atom. The first-order valence-electron chi connectivity index (χ1n) is 9.18. The zero-order valence-corrected chi connectivity index (χ0v) is 16.5. The molecule has 0 saturated carbocycles. The Hall–Kier alpha value is -3.40. The number of aromatic nitrogens is 3. The zero-order chi connectivity index (χ0) is 21.4. The normalized spacial score (nSPS) is 10.4. The van der Waals surface area contributed by atoms with Crippen LogP contribution in [0, 0.1) is 0 Å². The van der Waals surface area contributed by atoms with Crippen LogP contribution in [0.15, 0.2) is 24.3 Å². The van der Waals surface area contributed by atoms with Gasteiger partial charge in [-0.1, -0.05) is 18.2 Å². The van der Waals surface area contributed by atoms with Crippen LogP contribution >= 0.6 is 0 Å². The Bertz CT molecular complexity index is 997. The van der Waals surface area contributed by atoms with Gasteiger partial charge in [0.25, 0.3) is 5.97 Å². The minimum atomic E-state index is -0.833. The molecule has 2 heterocycles. The maximum atomic E-state index is 11.5. The number of carboxylic acids is 1. The molecule has 0 radical (unpaired) electrons. The highest BCUT2D eigenvalue weighted by Gasteiger charge is 2.17. The lowest BCUT2D eigenvalue weighted by molar-refractivity contribution is -0.134. The molecule has 10 nitrogen and oxygen atoms in total. The van der Waals surface area contributed by atoms with Crippen molar-refractivity contribution in [1.29, 1.82) is 0 Å². The lowest BCUT2D eigenvalue weighted by Gasteiger charge is -2.11. The number of carbonyl (C=O) groups is 2. The van der Waals surface area contributed by atoms with Crippen LogP contribution in [0.4, 0.5) is 10.6 Å². The highest BCUT2D eigenvalue weighted by Crippen LogP contribution is 2.29. The van der Waals surface area contributed by atoms with Crippen molar-refractivity contribution in [3.8, 4) is 0 Å². The smallest absolute Gasteiger partial charge is 0.314 e. The number of nitrogen functional groups attached to an aromatic ring is 1. The van der Waals surface area contributed by atoms with E-state index in [9.17, 15) is 4.79 Å². The molecule has 0 aliphatic carbocycles. The highest BCUT2D eigenvalue weighted by atomic mass is 16.4. The molecule has 0 spiro atoms. The largest absolute Gasteiger partial charge is 0.481 e. The standard InChI is InChI=1S/C17H22N6O2.C2H4O2/c1-19-17(25)20-10-13-22-14-15(23(13)8-4-5-9-24)11-6-2-3-7-12(11)21-16(14)18;1-2(3)4/h2-3,6-7,24H,4-5,8-10H2,1H3,(H2,18,21)(H2,19,20,25);1H3,(H,3,4). The second-order valence-electron chi connectivity index (χ2n) is 6.27. The van der Waals surface area contributed by atoms with Crippen LogP contribution in [0.3, 0.4) is 0 Å². The number of carbonyl (C=O) groups excluding carboxylic acids is 1. The number of hydrogen-bond acceptors (Lipinski definition) is 6. The number of hydrogen-bond donors (Lipinski definition) is 5. The van der Waals surface area contributed by atoms with Gasteiger partial charge in [-0.05, 0) is 18.9 Å². The van der Waals surface area contributed by atoms with Crippen LogP contribution in [-0.2, 0) is 17.9 Å². The molecule has 0 unspecified atom stereocenters. The second-order valence-corrected chi connectivity index (χ2v) is 6.27. The molecule has 3 aromatic rings. The highest BCUT2D eigenvalue weighted by molar-refractivity contribution is 6.06. The molecule has 10 heteroatoms. The van der Waals surface area contributed by atoms with Gasteiger partial charge >= 0.3 is 6.03 Å². The van der Waals surface area contributed by atoms with Gasteiger partial charge in [0.05, 0.1) is 17.6 Å². The van der Waals surface area contributed by atoms with Gasteiger partial charge in [-0.2, -0.15) is 0 Å². The van der Waals surface area contributed by atoms with E-state index in [1.165, 1.54) is 0 Å². The van der Waals surface area contributed by atoms with E-state index in [1.807, 2.05) is 24.3 Å². The molecule has 2 amide bonds. The van der Waals surface area contributed by atoms with Gasteiger partial charge in [0.2, 0.25) is 0 Å². The average molecular weight is 402 g/mol. The molecule has 156 valence electrons. The van der Waals surface area contributed by atoms with E-state index >= 15 is 0 Å². The molecule has 1 aromatic carbocycles. The molecule has 2 aromatic heterocycles. The van der Waals surface area contributed by atoms with Crippen LogP contribution in [0.25, 0.3) is 21.9 Å². The number of urea groups is 1. The first-order valence-corrected chi connectivity index (χ1v) is 9.18. The fourth-order valence-electron chi connectivity index (χ4n) is 2.91. The third-order valence-electron chi connectivity index (χ3n) is 4.11. The van der Waals surface area contributed by atoms with Crippen molar-refractivity contribution in [2.24, 2.45) is 0 Å². The number of aliphatic hydroxyl groups is 1. The summed E-state index contributed by atoms with van der Waals surface area (Å²) in [5, 5.41) is 22.8. The summed E-state index contributed by atoms with van der Waals surface area (Å²) in [4.78, 5) is 29.6. The number of unbranched alkanes of at least 4 members (excludes halogenated alkanes) is 1. The number of para-hydroxylation sites is 1. The number of carboxylic acid groups (broad SMARTS) is 1. The van der Waals surface area contributed by atoms with E-state index < -0.39 is 5.97 Å². The van der Waals surface area contributed by atoms with Gasteiger partial charge in [-0.3, -0.25) is 4.79 Å². The number of imidazole rings is 1. The summed E-state index contributed by atoms with van der Waals surface area (Å²) in [6, 6.07) is 7.50. The third-order valence-corrected chi connectivity index (χ3v) is 4.11. The Kier molecular flexibility index (Phi) is 7.72. The molecule has 0 aliphatic rings. The van der Waals surface area contributed by atoms with Crippen molar-refractivity contribution < 1.29 is 19.8 Å². The van der Waals surface area contributed by atoms with Gasteiger partial charge in [0, 0.05) is 32.5 Å². The van der Waals surface area contributed by atoms with Gasteiger partial charge < -0.3 is 31.1 Å². The Labute approximate surface area is 167 Å². The number of aryl methyl sites for hydroxylation is 1. The topological polar surface area (TPSA) is 155 Å². The number of nitrogens with one attached hydrogen (secondary N) is 2. The molecule has 0 fully saturated rings. The molecular weight excluding hydrogens is 376 g/mol. The van der Waals surface area contributed by atoms with Gasteiger partial charge in [-0.15, -0.1) is 0 Å². The maximum Gasteiger partial charge on any atom is 0.314 e. The molecule has 0 saturated heterocycles. The summed E-state index contributed by atoms with van der Waals surface area (Å²) < 4.78 is 2.06. The number of nitrogens with zero attached hydrogens (tertiary/aromatic N) is 3. The lowest BCUT2D eigenvalue weighted by atomic mass is 10.2. The van der Waals surface area contributed by atoms with E-state index in [1.54, 1.807) is 7.05 Å². The summed E-state index contributed by atoms with van der Waals surface area (Å²) in [7, 11) is 1.56. The lowest BCUT2D eigenvalue weighted by Crippen LogP contribution is -2.33. The van der Waals surface area contributed by atoms with Crippen molar-refractivity contribution in [2.75, 3.05) is 19.4 Å². The Morgan fingerprint density at radius 1 is 1.21 bits per heavy atom. The molecule has 6 N–H and O–H groups in total. The predicted octanol–water partition coefficient (Wildman–Crippen LogP) is 1.46. The summed E-state index contributed by atoms with van der Waals surface area (Å²) in [6.45, 7) is 2.18. The van der Waals surface area contributed by atoms with E-state index in [-0.39, 0.29) is 19.2 Å². The predicted molar refractivity (Wildman–Crippen MR) is 110 cm³/mol. The SMILES string of the molecule is CC(=O)O.CNC(=O)NCc1nc2c(N)nc3ccccc3c2n1CCCCO. The number of anilines is 1. The van der Waals surface area contributed by atoms with Gasteiger partial charge in [-0.25, -0.2) is 14.8 Å². The number of aliphatic carboxylic acids is 1. The van der Waals surface area contributed by atoms with E-state index in [2.05, 4.69) is 25.2 Å². The number of aliphatic hydroxyl groups excluding tert-OH is 1. The van der Waals surface area contributed by atoms with Gasteiger partial charge in [0.15, 0.2) is 5.82 Å². The van der Waals surface area contributed by atoms with Crippen LogP contribution in [0.2, 0.25) is 0 Å². The fraction of sp³-hybridized carbons (Fsp3) is 0.368. The number of rotatable bonds is 6. The minimum absolute atomic E-state index is 0.142. The molecular formula is C19H26N6O4. The summed E-state index contributed by atoms with van der Waals surface area (Å²) >= 11 is 0. The Balaban J connectivity index is 0.000000687. The molecule has 29 heavy (non-hydrogen) atoms. The number of benzene rings is 1. The molecule has 0 aliphatic heterocycles. The number of fused-ring (bicyclic) bond motifs is 3. The van der Waals surface area contributed by atoms with Crippen LogP contribution < -0.4 is 16.4 Å². The molecule has 3 rings (SSSR count). The van der Waals surface area contributed by atoms with Crippen molar-refractivity contribution in [3.05, 3.63) is 30.1 Å². The summed E-state index contributed by atoms with van der Waals surface area (Å²) in [5.41, 5.74) is 8.47. The van der Waals surface area contributed by atoms with E-state index in [0.29, 0.717) is 30.1 Å². The monoisotopic (exact) mass is 402 g/mol. The Morgan fingerprint density at radius 2 is 1.90 bits per heavy atom. The summed E-state index contributed by atoms with van der Waals surface area (Å²) in [6.07, 6.45) is 1.49. The number of amides is 2. The molecule has 0 atom stereocenters. The first-order chi connectivity index (χ1) is 13.9. The third kappa shape index (κ3) is 5.55. The zero-order valence-electron chi connectivity index (χ0n) is 16.5. The first kappa shape index (κ1) is 21.9. The van der Waals surface area contributed by atoms with E-state index in [4.69, 9.17) is 20.7 Å². The van der Waals surface area contributed by atoms with Crippen molar-refractivity contribution in [3.63, 3.8) is 0 Å². The van der Waals surface area contributed by atoms with E-state index in [0.717, 1.165) is 29.8 Å². The quantitative estimate of drug-likeness (QED) is 0.391. The van der Waals surface area contributed by atoms with Crippen LogP contribution in [0.1, 0.15) is 25.6 Å². The summed E-state index contributed by atoms with van der Waals surface area (Å²) in [5.74, 6) is 0.247.